The van der Waals surface area contributed by atoms with Crippen molar-refractivity contribution < 1.29 is 9.59 Å². The molecule has 1 atom stereocenters. The second kappa shape index (κ2) is 9.87. The van der Waals surface area contributed by atoms with E-state index in [-0.39, 0.29) is 24.4 Å². The number of carbonyl (C=O) groups is 2. The van der Waals surface area contributed by atoms with Gasteiger partial charge in [-0.1, -0.05) is 30.3 Å². The van der Waals surface area contributed by atoms with Crippen molar-refractivity contribution in [3.05, 3.63) is 70.9 Å². The van der Waals surface area contributed by atoms with Crippen LogP contribution in [0.2, 0.25) is 0 Å². The summed E-state index contributed by atoms with van der Waals surface area (Å²) in [4.78, 5) is 33.4. The van der Waals surface area contributed by atoms with Gasteiger partial charge in [-0.05, 0) is 42.2 Å². The number of likely N-dealkylation sites (N-methyl/N-ethyl adjacent to an activating group) is 1. The van der Waals surface area contributed by atoms with Crippen molar-refractivity contribution in [1.82, 2.24) is 24.6 Å². The fourth-order valence-electron chi connectivity index (χ4n) is 4.30. The van der Waals surface area contributed by atoms with Crippen LogP contribution in [0.25, 0.3) is 0 Å². The summed E-state index contributed by atoms with van der Waals surface area (Å²) in [5, 5.41) is 7.87. The highest BCUT2D eigenvalue weighted by atomic mass is 32.1. The molecule has 1 aliphatic rings. The van der Waals surface area contributed by atoms with Crippen molar-refractivity contribution >= 4 is 23.2 Å². The van der Waals surface area contributed by atoms with E-state index in [1.165, 1.54) is 23.2 Å². The second-order valence-electron chi connectivity index (χ2n) is 8.00. The van der Waals surface area contributed by atoms with Crippen LogP contribution in [0.5, 0.6) is 0 Å². The molecule has 4 rings (SSSR count). The van der Waals surface area contributed by atoms with E-state index in [0.717, 1.165) is 24.8 Å². The lowest BCUT2D eigenvalue weighted by molar-refractivity contribution is -0.133. The molecule has 7 nitrogen and oxygen atoms in total. The lowest BCUT2D eigenvalue weighted by atomic mass is 9.84. The fourth-order valence-corrected chi connectivity index (χ4v) is 4.93. The average molecular weight is 438 g/mol. The molecular formula is C23H27N5O2S. The van der Waals surface area contributed by atoms with Gasteiger partial charge in [-0.3, -0.25) is 9.59 Å². The van der Waals surface area contributed by atoms with E-state index in [9.17, 15) is 9.59 Å². The average Bonchev–Trinajstić information content (AvgIpc) is 3.52. The van der Waals surface area contributed by atoms with Gasteiger partial charge in [0, 0.05) is 31.6 Å². The Morgan fingerprint density at radius 1 is 1.19 bits per heavy atom. The zero-order chi connectivity index (χ0) is 21.6. The molecule has 3 heterocycles. The van der Waals surface area contributed by atoms with Gasteiger partial charge in [0.15, 0.2) is 0 Å². The van der Waals surface area contributed by atoms with Crippen LogP contribution in [0.3, 0.4) is 0 Å². The third kappa shape index (κ3) is 5.19. The number of carbonyl (C=O) groups excluding carboxylic acids is 2. The number of piperidine rings is 1. The SMILES string of the molecule is CN(C(=O)c1ccsc1)C(Cc1ccccc1)C1CCN(C(=O)Cn2cncn2)CC1. The monoisotopic (exact) mass is 437 g/mol. The Balaban J connectivity index is 1.44. The molecule has 31 heavy (non-hydrogen) atoms. The standard InChI is InChI=1S/C23H27N5O2S/c1-26(23(30)20-9-12-31-15-20)21(13-18-5-3-2-4-6-18)19-7-10-27(11-8-19)22(29)14-28-17-24-16-25-28/h2-6,9,12,15-17,19,21H,7-8,10-11,13-14H2,1H3. The highest BCUT2D eigenvalue weighted by Gasteiger charge is 2.33. The third-order valence-corrected chi connectivity index (χ3v) is 6.76. The number of rotatable bonds is 7. The van der Waals surface area contributed by atoms with E-state index < -0.39 is 0 Å². The topological polar surface area (TPSA) is 71.3 Å². The van der Waals surface area contributed by atoms with Crippen LogP contribution in [-0.2, 0) is 17.8 Å². The van der Waals surface area contributed by atoms with Gasteiger partial charge in [-0.15, -0.1) is 0 Å². The maximum absolute atomic E-state index is 13.1. The zero-order valence-electron chi connectivity index (χ0n) is 17.6. The Morgan fingerprint density at radius 3 is 2.61 bits per heavy atom. The first kappa shape index (κ1) is 21.2. The van der Waals surface area contributed by atoms with E-state index in [1.54, 1.807) is 11.0 Å². The van der Waals surface area contributed by atoms with E-state index in [2.05, 4.69) is 22.2 Å². The predicted octanol–water partition coefficient (Wildman–Crippen LogP) is 2.96. The van der Waals surface area contributed by atoms with Crippen molar-refractivity contribution in [2.75, 3.05) is 20.1 Å². The van der Waals surface area contributed by atoms with Crippen LogP contribution >= 0.6 is 11.3 Å². The van der Waals surface area contributed by atoms with Crippen LogP contribution in [0.4, 0.5) is 0 Å². The van der Waals surface area contributed by atoms with Crippen LogP contribution in [0.15, 0.2) is 59.8 Å². The third-order valence-electron chi connectivity index (χ3n) is 6.07. The molecule has 0 radical (unpaired) electrons. The van der Waals surface area contributed by atoms with Crippen LogP contribution in [-0.4, -0.2) is 62.6 Å². The Hall–Kier alpha value is -3.00. The largest absolute Gasteiger partial charge is 0.341 e. The van der Waals surface area contributed by atoms with Crippen LogP contribution in [0, 0.1) is 5.92 Å². The minimum atomic E-state index is 0.0614. The molecule has 1 aliphatic heterocycles. The minimum absolute atomic E-state index is 0.0614. The van der Waals surface area contributed by atoms with E-state index in [4.69, 9.17) is 0 Å². The van der Waals surface area contributed by atoms with Gasteiger partial charge in [-0.25, -0.2) is 9.67 Å². The van der Waals surface area contributed by atoms with E-state index in [1.807, 2.05) is 51.9 Å². The van der Waals surface area contributed by atoms with Gasteiger partial charge in [0.25, 0.3) is 5.91 Å². The fraction of sp³-hybridized carbons (Fsp3) is 0.391. The smallest absolute Gasteiger partial charge is 0.254 e. The van der Waals surface area contributed by atoms with E-state index in [0.29, 0.717) is 19.0 Å². The predicted molar refractivity (Wildman–Crippen MR) is 120 cm³/mol. The molecule has 1 saturated heterocycles. The summed E-state index contributed by atoms with van der Waals surface area (Å²) in [6.07, 6.45) is 5.56. The molecule has 162 valence electrons. The zero-order valence-corrected chi connectivity index (χ0v) is 18.4. The van der Waals surface area contributed by atoms with Crippen LogP contribution in [0.1, 0.15) is 28.8 Å². The lowest BCUT2D eigenvalue weighted by Crippen LogP contribution is -2.48. The summed E-state index contributed by atoms with van der Waals surface area (Å²) in [5.74, 6) is 0.460. The maximum Gasteiger partial charge on any atom is 0.254 e. The molecule has 3 aromatic rings. The van der Waals surface area contributed by atoms with Gasteiger partial charge >= 0.3 is 0 Å². The Kier molecular flexibility index (Phi) is 6.76. The summed E-state index contributed by atoms with van der Waals surface area (Å²) in [6.45, 7) is 1.61. The highest BCUT2D eigenvalue weighted by molar-refractivity contribution is 7.08. The first-order valence-corrected chi connectivity index (χ1v) is 11.5. The minimum Gasteiger partial charge on any atom is -0.341 e. The molecular weight excluding hydrogens is 410 g/mol. The van der Waals surface area contributed by atoms with Gasteiger partial charge in [0.2, 0.25) is 5.91 Å². The number of hydrogen-bond donors (Lipinski definition) is 0. The molecule has 0 bridgehead atoms. The molecule has 1 fully saturated rings. The number of aromatic nitrogens is 3. The molecule has 2 aromatic heterocycles. The highest BCUT2D eigenvalue weighted by Crippen LogP contribution is 2.28. The quantitative estimate of drug-likeness (QED) is 0.570. The summed E-state index contributed by atoms with van der Waals surface area (Å²) in [5.41, 5.74) is 1.97. The molecule has 0 saturated carbocycles. The first-order chi connectivity index (χ1) is 15.1. The van der Waals surface area contributed by atoms with Crippen molar-refractivity contribution in [3.8, 4) is 0 Å². The number of thiophene rings is 1. The van der Waals surface area contributed by atoms with E-state index >= 15 is 0 Å². The summed E-state index contributed by atoms with van der Waals surface area (Å²) >= 11 is 1.54. The molecule has 0 spiro atoms. The van der Waals surface area contributed by atoms with Crippen molar-refractivity contribution in [2.45, 2.75) is 31.8 Å². The Labute approximate surface area is 186 Å². The maximum atomic E-state index is 13.1. The van der Waals surface area contributed by atoms with Crippen LogP contribution < -0.4 is 0 Å². The van der Waals surface area contributed by atoms with Crippen molar-refractivity contribution in [3.63, 3.8) is 0 Å². The van der Waals surface area contributed by atoms with Gasteiger partial charge in [-0.2, -0.15) is 16.4 Å². The molecule has 1 aromatic carbocycles. The number of amides is 2. The molecule has 0 aliphatic carbocycles. The van der Waals surface area contributed by atoms with Gasteiger partial charge in [0.05, 0.1) is 5.56 Å². The lowest BCUT2D eigenvalue weighted by Gasteiger charge is -2.40. The molecule has 8 heteroatoms. The first-order valence-electron chi connectivity index (χ1n) is 10.6. The Morgan fingerprint density at radius 2 is 1.97 bits per heavy atom. The Bertz CT molecular complexity index is 967. The molecule has 1 unspecified atom stereocenters. The molecule has 2 amide bonds. The summed E-state index contributed by atoms with van der Waals surface area (Å²) in [6, 6.07) is 12.3. The van der Waals surface area contributed by atoms with Gasteiger partial charge in [0.1, 0.15) is 19.2 Å². The molecule has 0 N–H and O–H groups in total. The number of hydrogen-bond acceptors (Lipinski definition) is 5. The number of nitrogens with zero attached hydrogens (tertiary/aromatic N) is 5. The second-order valence-corrected chi connectivity index (χ2v) is 8.78. The van der Waals surface area contributed by atoms with Crippen molar-refractivity contribution in [2.24, 2.45) is 5.92 Å². The number of benzene rings is 1. The number of likely N-dealkylation sites (tertiary alicyclic amines) is 1. The summed E-state index contributed by atoms with van der Waals surface area (Å²) < 4.78 is 1.56. The van der Waals surface area contributed by atoms with Gasteiger partial charge < -0.3 is 9.80 Å². The summed E-state index contributed by atoms with van der Waals surface area (Å²) in [7, 11) is 1.91. The normalized spacial score (nSPS) is 15.6. The van der Waals surface area contributed by atoms with Crippen molar-refractivity contribution in [1.29, 1.82) is 0 Å².